The molecule has 0 saturated carbocycles. The number of aliphatic hydroxyl groups excluding tert-OH is 5. The average molecular weight is 474 g/mol. The molecule has 12 heteroatoms. The van der Waals surface area contributed by atoms with E-state index < -0.39 is 61.0 Å². The molecule has 1 aromatic rings. The Hall–Kier alpha value is -2.32. The lowest BCUT2D eigenvalue weighted by Crippen LogP contribution is -2.60. The van der Waals surface area contributed by atoms with E-state index in [9.17, 15) is 40.2 Å². The first-order valence-electron chi connectivity index (χ1n) is 10.3. The van der Waals surface area contributed by atoms with E-state index in [1.54, 1.807) is 13.8 Å². The summed E-state index contributed by atoms with van der Waals surface area (Å²) in [7, 11) is 0. The van der Waals surface area contributed by atoms with Crippen LogP contribution in [0, 0.1) is 5.92 Å². The summed E-state index contributed by atoms with van der Waals surface area (Å²) in [5, 5.41) is 68.1. The van der Waals surface area contributed by atoms with Crippen LogP contribution < -0.4 is 4.74 Å². The monoisotopic (exact) mass is 474 g/mol. The minimum Gasteiger partial charge on any atom is -0.479 e. The van der Waals surface area contributed by atoms with E-state index in [4.69, 9.17) is 19.3 Å². The van der Waals surface area contributed by atoms with E-state index in [-0.39, 0.29) is 24.7 Å². The number of esters is 1. The number of aliphatic hydroxyl groups is 6. The van der Waals surface area contributed by atoms with E-state index in [2.05, 4.69) is 0 Å². The zero-order chi connectivity index (χ0) is 24.9. The van der Waals surface area contributed by atoms with Crippen LogP contribution in [-0.4, -0.2) is 96.7 Å². The van der Waals surface area contributed by atoms with Crippen LogP contribution in [-0.2, 0) is 25.7 Å². The first-order valence-corrected chi connectivity index (χ1v) is 10.3. The van der Waals surface area contributed by atoms with E-state index in [1.807, 2.05) is 0 Å². The fraction of sp³-hybridized carbons (Fsp3) is 0.619. The van der Waals surface area contributed by atoms with Gasteiger partial charge in [0.25, 0.3) is 0 Å². The van der Waals surface area contributed by atoms with Gasteiger partial charge in [0, 0.05) is 0 Å². The molecule has 186 valence electrons. The maximum atomic E-state index is 12.4. The Bertz CT molecular complexity index is 795. The standard InChI is InChI=1S/C21H30O12/c1-10(2)7-21(30,17(26)18(27)28)20(29)31-9-11-3-5-12(6-4-11)32-19-16(25)15(24)14(23)13(8-22)33-19/h3-6,10,13-17,19,22-26,30H,7-9H2,1-2H3,(H,27,28)/t13-,14-,15+,16-,17-,19-,21-/m1/s1. The second-order valence-corrected chi connectivity index (χ2v) is 8.30. The third-order valence-corrected chi connectivity index (χ3v) is 5.15. The highest BCUT2D eigenvalue weighted by Crippen LogP contribution is 2.26. The van der Waals surface area contributed by atoms with Crippen molar-refractivity contribution in [1.29, 1.82) is 0 Å². The van der Waals surface area contributed by atoms with Crippen molar-refractivity contribution >= 4 is 11.9 Å². The Labute approximate surface area is 189 Å². The van der Waals surface area contributed by atoms with Gasteiger partial charge in [-0.25, -0.2) is 9.59 Å². The number of hydrogen-bond donors (Lipinski definition) is 7. The third-order valence-electron chi connectivity index (χ3n) is 5.15. The SMILES string of the molecule is CC(C)C[C@](O)(C(=O)OCc1ccc(O[C@@H]2O[C@H](CO)[C@@H](O)[C@H](O)[C@H]2O)cc1)[C@H](O)C(=O)O. The fourth-order valence-electron chi connectivity index (χ4n) is 3.37. The van der Waals surface area contributed by atoms with Crippen LogP contribution in [0.1, 0.15) is 25.8 Å². The van der Waals surface area contributed by atoms with Gasteiger partial charge in [0.15, 0.2) is 11.7 Å². The second kappa shape index (κ2) is 11.2. The zero-order valence-electron chi connectivity index (χ0n) is 18.1. The summed E-state index contributed by atoms with van der Waals surface area (Å²) in [6.45, 7) is 2.34. The number of hydrogen-bond acceptors (Lipinski definition) is 11. The van der Waals surface area contributed by atoms with Gasteiger partial charge in [-0.05, 0) is 30.0 Å². The Morgan fingerprint density at radius 1 is 1.09 bits per heavy atom. The number of carboxylic acids is 1. The zero-order valence-corrected chi connectivity index (χ0v) is 18.1. The summed E-state index contributed by atoms with van der Waals surface area (Å²) < 4.78 is 15.7. The van der Waals surface area contributed by atoms with Gasteiger partial charge in [0.05, 0.1) is 6.61 Å². The number of rotatable bonds is 10. The van der Waals surface area contributed by atoms with Crippen molar-refractivity contribution in [1.82, 2.24) is 0 Å². The minimum absolute atomic E-state index is 0.187. The van der Waals surface area contributed by atoms with E-state index in [0.717, 1.165) is 0 Å². The Kier molecular flexibility index (Phi) is 9.14. The lowest BCUT2D eigenvalue weighted by Gasteiger charge is -2.39. The summed E-state index contributed by atoms with van der Waals surface area (Å²) in [6, 6.07) is 5.80. The highest BCUT2D eigenvalue weighted by Gasteiger charge is 2.49. The number of carbonyl (C=O) groups excluding carboxylic acids is 1. The maximum absolute atomic E-state index is 12.4. The molecule has 2 rings (SSSR count). The van der Waals surface area contributed by atoms with Crippen LogP contribution in [0.2, 0.25) is 0 Å². The summed E-state index contributed by atoms with van der Waals surface area (Å²) in [5.74, 6) is -3.17. The van der Waals surface area contributed by atoms with E-state index in [1.165, 1.54) is 24.3 Å². The molecule has 33 heavy (non-hydrogen) atoms. The Balaban J connectivity index is 2.01. The first-order chi connectivity index (χ1) is 15.4. The number of aliphatic carboxylic acids is 1. The van der Waals surface area contributed by atoms with Crippen molar-refractivity contribution in [3.05, 3.63) is 29.8 Å². The molecule has 1 heterocycles. The van der Waals surface area contributed by atoms with Crippen LogP contribution in [0.25, 0.3) is 0 Å². The minimum atomic E-state index is -2.62. The first kappa shape index (κ1) is 26.9. The second-order valence-electron chi connectivity index (χ2n) is 8.30. The molecule has 12 nitrogen and oxygen atoms in total. The van der Waals surface area contributed by atoms with Crippen molar-refractivity contribution in [2.75, 3.05) is 6.61 Å². The Morgan fingerprint density at radius 2 is 1.70 bits per heavy atom. The van der Waals surface area contributed by atoms with Crippen molar-refractivity contribution in [2.45, 2.75) is 69.3 Å². The molecule has 7 atom stereocenters. The molecular weight excluding hydrogens is 444 g/mol. The summed E-state index contributed by atoms with van der Waals surface area (Å²) in [6.07, 6.45) is -9.87. The molecule has 0 bridgehead atoms. The van der Waals surface area contributed by atoms with Gasteiger partial charge in [-0.15, -0.1) is 0 Å². The molecule has 0 aromatic heterocycles. The molecule has 1 aliphatic rings. The van der Waals surface area contributed by atoms with Gasteiger partial charge < -0.3 is 50.0 Å². The highest BCUT2D eigenvalue weighted by atomic mass is 16.7. The lowest BCUT2D eigenvalue weighted by molar-refractivity contribution is -0.277. The smallest absolute Gasteiger partial charge is 0.341 e. The van der Waals surface area contributed by atoms with Crippen LogP contribution >= 0.6 is 0 Å². The van der Waals surface area contributed by atoms with Gasteiger partial charge >= 0.3 is 11.9 Å². The summed E-state index contributed by atoms with van der Waals surface area (Å²) >= 11 is 0. The molecule has 7 N–H and O–H groups in total. The number of carbonyl (C=O) groups is 2. The molecular formula is C21H30O12. The lowest BCUT2D eigenvalue weighted by atomic mass is 9.87. The molecule has 1 aromatic carbocycles. The fourth-order valence-corrected chi connectivity index (χ4v) is 3.37. The van der Waals surface area contributed by atoms with Crippen molar-refractivity contribution in [2.24, 2.45) is 5.92 Å². The number of benzene rings is 1. The van der Waals surface area contributed by atoms with Crippen LogP contribution in [0.5, 0.6) is 5.75 Å². The van der Waals surface area contributed by atoms with Gasteiger partial charge in [-0.3, -0.25) is 0 Å². The highest BCUT2D eigenvalue weighted by molar-refractivity contribution is 5.88. The quantitative estimate of drug-likeness (QED) is 0.186. The molecule has 1 fully saturated rings. The summed E-state index contributed by atoms with van der Waals surface area (Å²) in [5.41, 5.74) is -2.19. The van der Waals surface area contributed by atoms with Crippen LogP contribution in [0.3, 0.4) is 0 Å². The van der Waals surface area contributed by atoms with Crippen LogP contribution in [0.15, 0.2) is 24.3 Å². The van der Waals surface area contributed by atoms with Gasteiger partial charge in [0.1, 0.15) is 36.8 Å². The van der Waals surface area contributed by atoms with Crippen molar-refractivity contribution in [3.63, 3.8) is 0 Å². The van der Waals surface area contributed by atoms with Gasteiger partial charge in [0.2, 0.25) is 6.29 Å². The summed E-state index contributed by atoms with van der Waals surface area (Å²) in [4.78, 5) is 23.5. The molecule has 1 saturated heterocycles. The predicted octanol–water partition coefficient (Wildman–Crippen LogP) is -1.87. The molecule has 0 amide bonds. The third kappa shape index (κ3) is 6.38. The van der Waals surface area contributed by atoms with Gasteiger partial charge in [-0.1, -0.05) is 26.0 Å². The van der Waals surface area contributed by atoms with Crippen molar-refractivity contribution in [3.8, 4) is 5.75 Å². The number of ether oxygens (including phenoxy) is 3. The Morgan fingerprint density at radius 3 is 2.21 bits per heavy atom. The number of carboxylic acid groups (broad SMARTS) is 1. The average Bonchev–Trinajstić information content (AvgIpc) is 2.77. The van der Waals surface area contributed by atoms with E-state index >= 15 is 0 Å². The molecule has 0 unspecified atom stereocenters. The maximum Gasteiger partial charge on any atom is 0.341 e. The molecule has 1 aliphatic heterocycles. The van der Waals surface area contributed by atoms with Crippen LogP contribution in [0.4, 0.5) is 0 Å². The molecule has 0 radical (unpaired) electrons. The van der Waals surface area contributed by atoms with Crippen molar-refractivity contribution < 1.29 is 59.5 Å². The van der Waals surface area contributed by atoms with Gasteiger partial charge in [-0.2, -0.15) is 0 Å². The predicted molar refractivity (Wildman–Crippen MR) is 109 cm³/mol. The topological polar surface area (TPSA) is 203 Å². The largest absolute Gasteiger partial charge is 0.479 e. The molecule has 0 spiro atoms. The molecule has 0 aliphatic carbocycles. The van der Waals surface area contributed by atoms with E-state index in [0.29, 0.717) is 5.56 Å². The normalized spacial score (nSPS) is 28.1.